The van der Waals surface area contributed by atoms with Crippen LogP contribution < -0.4 is 0 Å². The van der Waals surface area contributed by atoms with Crippen molar-refractivity contribution in [3.63, 3.8) is 0 Å². The third-order valence-electron chi connectivity index (χ3n) is 10.4. The minimum absolute atomic E-state index is 0.0138. The van der Waals surface area contributed by atoms with Crippen LogP contribution in [0.3, 0.4) is 0 Å². The van der Waals surface area contributed by atoms with Crippen molar-refractivity contribution < 1.29 is 28.6 Å². The highest BCUT2D eigenvalue weighted by Gasteiger charge is 2.70. The predicted molar refractivity (Wildman–Crippen MR) is 143 cm³/mol. The zero-order valence-electron chi connectivity index (χ0n) is 22.4. The largest absolute Gasteiger partial charge is 0.448 e. The predicted octanol–water partition coefficient (Wildman–Crippen LogP) is 3.94. The van der Waals surface area contributed by atoms with Gasteiger partial charge in [0.05, 0.1) is 29.9 Å². The van der Waals surface area contributed by atoms with Gasteiger partial charge in [-0.25, -0.2) is 14.5 Å². The first-order chi connectivity index (χ1) is 18.5. The van der Waals surface area contributed by atoms with E-state index in [9.17, 15) is 19.1 Å². The number of halogens is 1. The summed E-state index contributed by atoms with van der Waals surface area (Å²) in [5.41, 5.74) is 1.62. The van der Waals surface area contributed by atoms with Gasteiger partial charge >= 0.3 is 5.97 Å². The maximum Gasteiger partial charge on any atom is 0.333 e. The summed E-state index contributed by atoms with van der Waals surface area (Å²) in [7, 11) is 1.41. The van der Waals surface area contributed by atoms with Crippen LogP contribution in [0.4, 0.5) is 4.39 Å². The van der Waals surface area contributed by atoms with Crippen LogP contribution in [0, 0.1) is 34.5 Å². The summed E-state index contributed by atoms with van der Waals surface area (Å²) in [6, 6.07) is 2.99. The van der Waals surface area contributed by atoms with Crippen molar-refractivity contribution in [3.05, 3.63) is 47.3 Å². The van der Waals surface area contributed by atoms with Crippen LogP contribution >= 0.6 is 12.6 Å². The van der Waals surface area contributed by atoms with E-state index in [-0.39, 0.29) is 29.8 Å². The molecule has 39 heavy (non-hydrogen) atoms. The molecule has 0 bridgehead atoms. The van der Waals surface area contributed by atoms with Gasteiger partial charge in [-0.15, -0.1) is 12.6 Å². The number of thiol groups is 1. The molecule has 2 aromatic heterocycles. The Labute approximate surface area is 232 Å². The van der Waals surface area contributed by atoms with E-state index in [1.165, 1.54) is 24.9 Å². The first-order valence-electron chi connectivity index (χ1n) is 13.6. The minimum Gasteiger partial charge on any atom is -0.448 e. The fraction of sp³-hybridized carbons (Fsp3) is 0.586. The van der Waals surface area contributed by atoms with E-state index in [1.54, 1.807) is 10.7 Å². The van der Waals surface area contributed by atoms with Crippen LogP contribution in [0.15, 0.2) is 30.1 Å². The molecule has 0 amide bonds. The van der Waals surface area contributed by atoms with Crippen LogP contribution in [0.5, 0.6) is 0 Å². The van der Waals surface area contributed by atoms with Crippen molar-refractivity contribution in [2.45, 2.75) is 64.1 Å². The molecule has 0 radical (unpaired) electrons. The first-order valence-corrected chi connectivity index (χ1v) is 14.0. The Kier molecular flexibility index (Phi) is 6.32. The lowest BCUT2D eigenvalue weighted by Crippen LogP contribution is -2.62. The SMILES string of the molecule is COCC(=O)O[C@]1(C(=O)S)CCC2[C@@H]3CCC4=Cc5c(cnn5-c5ccc(F)nc5)C[C@]4(C)C3[C@@H](O)C[C@@]21C. The van der Waals surface area contributed by atoms with Gasteiger partial charge < -0.3 is 14.6 Å². The van der Waals surface area contributed by atoms with Gasteiger partial charge in [-0.2, -0.15) is 9.49 Å². The molecular weight excluding hydrogens is 521 g/mol. The smallest absolute Gasteiger partial charge is 0.333 e. The molecule has 1 N–H and O–H groups in total. The number of nitrogens with zero attached hydrogens (tertiary/aromatic N) is 3. The molecule has 0 aliphatic heterocycles. The fourth-order valence-electron chi connectivity index (χ4n) is 8.78. The second kappa shape index (κ2) is 9.24. The van der Waals surface area contributed by atoms with E-state index in [2.05, 4.69) is 35.7 Å². The van der Waals surface area contributed by atoms with Gasteiger partial charge in [-0.05, 0) is 85.5 Å². The summed E-state index contributed by atoms with van der Waals surface area (Å²) < 4.78 is 26.0. The summed E-state index contributed by atoms with van der Waals surface area (Å²) in [6.45, 7) is 3.99. The van der Waals surface area contributed by atoms with E-state index in [4.69, 9.17) is 9.47 Å². The Morgan fingerprint density at radius 3 is 2.74 bits per heavy atom. The number of carbonyl (C=O) groups excluding carboxylic acids is 2. The van der Waals surface area contributed by atoms with Gasteiger partial charge in [0.2, 0.25) is 11.1 Å². The van der Waals surface area contributed by atoms with Gasteiger partial charge in [0.15, 0.2) is 5.60 Å². The van der Waals surface area contributed by atoms with Crippen LogP contribution in [0.25, 0.3) is 11.8 Å². The molecule has 2 heterocycles. The molecule has 4 aliphatic rings. The van der Waals surface area contributed by atoms with Crippen LogP contribution in [-0.4, -0.2) is 56.4 Å². The maximum absolute atomic E-state index is 13.4. The summed E-state index contributed by atoms with van der Waals surface area (Å²) in [5, 5.41) is 16.0. The number of hydrogen-bond acceptors (Lipinski definition) is 7. The number of hydrogen-bond donors (Lipinski definition) is 2. The van der Waals surface area contributed by atoms with Crippen molar-refractivity contribution in [2.24, 2.45) is 28.6 Å². The lowest BCUT2D eigenvalue weighted by molar-refractivity contribution is -0.198. The molecule has 2 unspecified atom stereocenters. The molecule has 0 spiro atoms. The highest BCUT2D eigenvalue weighted by molar-refractivity contribution is 7.96. The molecule has 3 fully saturated rings. The second-order valence-electron chi connectivity index (χ2n) is 12.2. The molecule has 8 nitrogen and oxygen atoms in total. The standard InChI is InChI=1S/C29H34FN3O5S/c1-27-11-16-13-32-33(18-5-7-23(30)31-14-18)21(16)10-17(27)4-6-19-20-8-9-29(26(36)39,38-24(35)15-37-3)28(20,2)12-22(34)25(19)27/h5,7,10,13-14,19-20,22,25,34H,4,6,8-9,11-12,15H2,1-3H3,(H,36,39)/t19-,20?,22-,25?,27-,28-,29-/m0/s1. The molecule has 6 rings (SSSR count). The molecule has 7 atom stereocenters. The van der Waals surface area contributed by atoms with Crippen molar-refractivity contribution in [2.75, 3.05) is 13.7 Å². The number of carbonyl (C=O) groups is 2. The number of fused-ring (bicyclic) bond motifs is 6. The normalized spacial score (nSPS) is 36.7. The highest BCUT2D eigenvalue weighted by Crippen LogP contribution is 2.68. The Morgan fingerprint density at radius 2 is 2.05 bits per heavy atom. The Balaban J connectivity index is 1.34. The molecular formula is C29H34FN3O5S. The highest BCUT2D eigenvalue weighted by atomic mass is 32.1. The number of pyridine rings is 1. The van der Waals surface area contributed by atoms with Gasteiger partial charge in [0.1, 0.15) is 6.61 Å². The Hall–Kier alpha value is -2.56. The van der Waals surface area contributed by atoms with E-state index in [1.807, 2.05) is 13.1 Å². The van der Waals surface area contributed by atoms with Crippen molar-refractivity contribution in [1.82, 2.24) is 14.8 Å². The monoisotopic (exact) mass is 555 g/mol. The molecule has 2 aromatic rings. The number of ether oxygens (including phenoxy) is 2. The summed E-state index contributed by atoms with van der Waals surface area (Å²) in [5.74, 6) is -0.876. The average Bonchev–Trinajstić information content (AvgIpc) is 3.41. The summed E-state index contributed by atoms with van der Waals surface area (Å²) in [6.07, 6.45) is 8.76. The van der Waals surface area contributed by atoms with Gasteiger partial charge in [0, 0.05) is 12.5 Å². The number of rotatable bonds is 5. The quantitative estimate of drug-likeness (QED) is 0.327. The first kappa shape index (κ1) is 26.7. The number of aromatic nitrogens is 3. The van der Waals surface area contributed by atoms with Crippen molar-refractivity contribution >= 4 is 29.8 Å². The number of allylic oxidation sites excluding steroid dienone is 1. The Morgan fingerprint density at radius 1 is 1.26 bits per heavy atom. The maximum atomic E-state index is 13.4. The lowest BCUT2D eigenvalue weighted by atomic mass is 9.45. The van der Waals surface area contributed by atoms with Crippen LogP contribution in [-0.2, 0) is 25.5 Å². The zero-order chi connectivity index (χ0) is 27.7. The molecule has 0 saturated heterocycles. The van der Waals surface area contributed by atoms with Gasteiger partial charge in [-0.1, -0.05) is 19.4 Å². The van der Waals surface area contributed by atoms with Crippen LogP contribution in [0.2, 0.25) is 0 Å². The number of aliphatic hydroxyl groups excluding tert-OH is 1. The molecule has 3 saturated carbocycles. The number of aliphatic hydroxyl groups is 1. The number of methoxy groups -OCH3 is 1. The minimum atomic E-state index is -1.39. The number of esters is 1. The molecule has 0 aromatic carbocycles. The molecule has 10 heteroatoms. The van der Waals surface area contributed by atoms with E-state index >= 15 is 0 Å². The zero-order valence-corrected chi connectivity index (χ0v) is 23.3. The Bertz CT molecular complexity index is 1360. The topological polar surface area (TPSA) is 104 Å². The van der Waals surface area contributed by atoms with Gasteiger partial charge in [0.25, 0.3) is 0 Å². The average molecular weight is 556 g/mol. The van der Waals surface area contributed by atoms with E-state index in [0.717, 1.165) is 36.9 Å². The second-order valence-corrected chi connectivity index (χ2v) is 12.6. The van der Waals surface area contributed by atoms with E-state index in [0.29, 0.717) is 18.5 Å². The van der Waals surface area contributed by atoms with Crippen molar-refractivity contribution in [1.29, 1.82) is 0 Å². The van der Waals surface area contributed by atoms with Crippen LogP contribution in [0.1, 0.15) is 57.2 Å². The fourth-order valence-corrected chi connectivity index (χ4v) is 9.19. The van der Waals surface area contributed by atoms with E-state index < -0.39 is 34.2 Å². The third-order valence-corrected chi connectivity index (χ3v) is 10.8. The van der Waals surface area contributed by atoms with Crippen molar-refractivity contribution in [3.8, 4) is 5.69 Å². The summed E-state index contributed by atoms with van der Waals surface area (Å²) in [4.78, 5) is 29.3. The lowest BCUT2D eigenvalue weighted by Gasteiger charge is -2.60. The molecule has 4 aliphatic carbocycles. The molecule has 208 valence electrons. The summed E-state index contributed by atoms with van der Waals surface area (Å²) >= 11 is 4.22. The van der Waals surface area contributed by atoms with Gasteiger partial charge in [-0.3, -0.25) is 4.79 Å². The third kappa shape index (κ3) is 3.78.